The minimum atomic E-state index is -3.59. The fourth-order valence-electron chi connectivity index (χ4n) is 3.73. The number of benzene rings is 3. The van der Waals surface area contributed by atoms with Crippen molar-refractivity contribution in [3.8, 4) is 11.1 Å². The Bertz CT molecular complexity index is 1140. The zero-order valence-electron chi connectivity index (χ0n) is 18.7. The molecule has 1 amide bonds. The van der Waals surface area contributed by atoms with Gasteiger partial charge >= 0.3 is 0 Å². The molecular formula is C26H30N2O3S. The Morgan fingerprint density at radius 3 is 1.84 bits per heavy atom. The van der Waals surface area contributed by atoms with Gasteiger partial charge in [-0.15, -0.1) is 0 Å². The summed E-state index contributed by atoms with van der Waals surface area (Å²) in [7, 11) is -3.59. The van der Waals surface area contributed by atoms with Crippen molar-refractivity contribution in [2.24, 2.45) is 11.7 Å². The second kappa shape index (κ2) is 10.1. The predicted octanol–water partition coefficient (Wildman–Crippen LogP) is 5.22. The molecule has 5 nitrogen and oxygen atoms in total. The van der Waals surface area contributed by atoms with E-state index in [0.717, 1.165) is 22.3 Å². The summed E-state index contributed by atoms with van der Waals surface area (Å²) in [6, 6.07) is 23.8. The number of amides is 1. The van der Waals surface area contributed by atoms with Crippen LogP contribution in [-0.2, 0) is 10.0 Å². The molecule has 0 spiro atoms. The van der Waals surface area contributed by atoms with E-state index >= 15 is 0 Å². The van der Waals surface area contributed by atoms with Crippen molar-refractivity contribution < 1.29 is 13.2 Å². The van der Waals surface area contributed by atoms with Crippen LogP contribution in [0.5, 0.6) is 0 Å². The molecule has 3 rings (SSSR count). The number of carbonyl (C=O) groups excluding carboxylic acids is 1. The molecule has 0 aromatic heterocycles. The molecule has 3 N–H and O–H groups in total. The molecule has 32 heavy (non-hydrogen) atoms. The molecule has 0 radical (unpaired) electrons. The Hall–Kier alpha value is -2.96. The number of carbonyl (C=O) groups is 1. The average molecular weight is 451 g/mol. The van der Waals surface area contributed by atoms with Gasteiger partial charge in [-0.25, -0.2) is 13.1 Å². The van der Waals surface area contributed by atoms with E-state index in [1.807, 2.05) is 87.5 Å². The normalized spacial score (nSPS) is 13.6. The Morgan fingerprint density at radius 2 is 1.34 bits per heavy atom. The van der Waals surface area contributed by atoms with Crippen LogP contribution in [0, 0.1) is 5.92 Å². The van der Waals surface area contributed by atoms with Crippen LogP contribution < -0.4 is 10.5 Å². The number of nitrogens with two attached hydrogens (primary N) is 1. The Kier molecular flexibility index (Phi) is 7.48. The molecule has 0 aliphatic heterocycles. The van der Waals surface area contributed by atoms with Crippen LogP contribution in [0.15, 0.2) is 78.9 Å². The van der Waals surface area contributed by atoms with E-state index in [1.54, 1.807) is 12.1 Å². The molecule has 0 saturated heterocycles. The van der Waals surface area contributed by atoms with Crippen LogP contribution in [-0.4, -0.2) is 14.3 Å². The minimum Gasteiger partial charge on any atom is -0.366 e. The van der Waals surface area contributed by atoms with E-state index in [2.05, 4.69) is 4.72 Å². The Balaban J connectivity index is 1.77. The largest absolute Gasteiger partial charge is 0.366 e. The summed E-state index contributed by atoms with van der Waals surface area (Å²) in [5, 5.41) is -0.603. The summed E-state index contributed by atoms with van der Waals surface area (Å²) in [5.74, 6) is -0.216. The van der Waals surface area contributed by atoms with E-state index in [-0.39, 0.29) is 12.0 Å². The fraction of sp³-hybridized carbons (Fsp3) is 0.269. The first-order chi connectivity index (χ1) is 15.2. The molecular weight excluding hydrogens is 420 g/mol. The second-order valence-electron chi connectivity index (χ2n) is 8.48. The van der Waals surface area contributed by atoms with Crippen LogP contribution >= 0.6 is 0 Å². The number of primary amides is 1. The number of sulfonamides is 1. The third-order valence-electron chi connectivity index (χ3n) is 5.49. The summed E-state index contributed by atoms with van der Waals surface area (Å²) < 4.78 is 29.4. The Morgan fingerprint density at radius 1 is 0.812 bits per heavy atom. The maximum Gasteiger partial charge on any atom is 0.248 e. The van der Waals surface area contributed by atoms with Gasteiger partial charge in [-0.3, -0.25) is 4.79 Å². The molecule has 0 fully saturated rings. The van der Waals surface area contributed by atoms with Gasteiger partial charge in [0.15, 0.2) is 0 Å². The van der Waals surface area contributed by atoms with Crippen LogP contribution in [0.2, 0.25) is 0 Å². The number of rotatable bonds is 9. The van der Waals surface area contributed by atoms with Gasteiger partial charge in [0, 0.05) is 11.6 Å². The maximum absolute atomic E-state index is 13.3. The molecule has 0 heterocycles. The van der Waals surface area contributed by atoms with Gasteiger partial charge in [-0.1, -0.05) is 80.6 Å². The van der Waals surface area contributed by atoms with Gasteiger partial charge in [0.25, 0.3) is 0 Å². The molecule has 3 aromatic rings. The molecule has 6 heteroatoms. The number of hydrogen-bond donors (Lipinski definition) is 2. The first-order valence-corrected chi connectivity index (χ1v) is 12.3. The van der Waals surface area contributed by atoms with Crippen molar-refractivity contribution in [1.29, 1.82) is 0 Å². The minimum absolute atomic E-state index is 0.243. The van der Waals surface area contributed by atoms with E-state index in [4.69, 9.17) is 5.73 Å². The van der Waals surface area contributed by atoms with Crippen LogP contribution in [0.3, 0.4) is 0 Å². The van der Waals surface area contributed by atoms with E-state index < -0.39 is 21.2 Å². The molecule has 0 saturated carbocycles. The molecule has 3 aromatic carbocycles. The van der Waals surface area contributed by atoms with E-state index in [9.17, 15) is 13.2 Å². The number of nitrogens with one attached hydrogen (secondary N) is 1. The third-order valence-corrected chi connectivity index (χ3v) is 7.38. The SMILES string of the molecule is CC(C)C[C@H](c1ccccc1)S(=O)(=O)NC(C)c1ccc(-c2ccc(C(N)=O)cc2)cc1. The van der Waals surface area contributed by atoms with Crippen molar-refractivity contribution >= 4 is 15.9 Å². The molecule has 168 valence electrons. The lowest BCUT2D eigenvalue weighted by Gasteiger charge is -2.23. The number of hydrogen-bond acceptors (Lipinski definition) is 3. The van der Waals surface area contributed by atoms with Gasteiger partial charge in [0.1, 0.15) is 5.25 Å². The topological polar surface area (TPSA) is 89.3 Å². The highest BCUT2D eigenvalue weighted by molar-refractivity contribution is 7.89. The van der Waals surface area contributed by atoms with Gasteiger partial charge in [-0.2, -0.15) is 0 Å². The zero-order valence-corrected chi connectivity index (χ0v) is 19.5. The Labute approximate surface area is 190 Å². The molecule has 0 bridgehead atoms. The zero-order chi connectivity index (χ0) is 23.3. The standard InChI is InChI=1S/C26H30N2O3S/c1-18(2)17-25(23-7-5-4-6-8-23)32(30,31)28-19(3)20-9-11-21(12-10-20)22-13-15-24(16-14-22)26(27)29/h4-16,18-19,25,28H,17H2,1-3H3,(H2,27,29)/t19?,25-/m1/s1. The highest BCUT2D eigenvalue weighted by Crippen LogP contribution is 2.30. The van der Waals surface area contributed by atoms with Gasteiger partial charge < -0.3 is 5.73 Å². The monoisotopic (exact) mass is 450 g/mol. The summed E-state index contributed by atoms with van der Waals surface area (Å²) in [5.41, 5.74) is 9.36. The van der Waals surface area contributed by atoms with Crippen LogP contribution in [0.1, 0.15) is 60.0 Å². The van der Waals surface area contributed by atoms with E-state index in [1.165, 1.54) is 0 Å². The van der Waals surface area contributed by atoms with Crippen molar-refractivity contribution in [2.75, 3.05) is 0 Å². The van der Waals surface area contributed by atoms with Crippen LogP contribution in [0.25, 0.3) is 11.1 Å². The lowest BCUT2D eigenvalue weighted by atomic mass is 10.0. The lowest BCUT2D eigenvalue weighted by molar-refractivity contribution is 0.100. The van der Waals surface area contributed by atoms with Gasteiger partial charge in [0.05, 0.1) is 0 Å². The predicted molar refractivity (Wildman–Crippen MR) is 130 cm³/mol. The summed E-state index contributed by atoms with van der Waals surface area (Å²) in [4.78, 5) is 11.2. The molecule has 1 unspecified atom stereocenters. The van der Waals surface area contributed by atoms with E-state index in [0.29, 0.717) is 12.0 Å². The molecule has 0 aliphatic rings. The summed E-state index contributed by atoms with van der Waals surface area (Å²) >= 11 is 0. The summed E-state index contributed by atoms with van der Waals surface area (Å²) in [6.07, 6.45) is 0.548. The highest BCUT2D eigenvalue weighted by atomic mass is 32.2. The third kappa shape index (κ3) is 5.84. The highest BCUT2D eigenvalue weighted by Gasteiger charge is 2.29. The van der Waals surface area contributed by atoms with Crippen molar-refractivity contribution in [3.63, 3.8) is 0 Å². The quantitative estimate of drug-likeness (QED) is 0.468. The van der Waals surface area contributed by atoms with Gasteiger partial charge in [-0.05, 0) is 53.6 Å². The average Bonchev–Trinajstić information content (AvgIpc) is 2.77. The van der Waals surface area contributed by atoms with Crippen LogP contribution in [0.4, 0.5) is 0 Å². The smallest absolute Gasteiger partial charge is 0.248 e. The van der Waals surface area contributed by atoms with Crippen molar-refractivity contribution in [2.45, 2.75) is 38.5 Å². The first-order valence-electron chi connectivity index (χ1n) is 10.7. The maximum atomic E-state index is 13.3. The van der Waals surface area contributed by atoms with Crippen molar-refractivity contribution in [1.82, 2.24) is 4.72 Å². The fourth-order valence-corrected chi connectivity index (χ4v) is 5.67. The first kappa shape index (κ1) is 23.7. The lowest BCUT2D eigenvalue weighted by Crippen LogP contribution is -2.32. The summed E-state index contributed by atoms with van der Waals surface area (Å²) in [6.45, 7) is 5.92. The molecule has 2 atom stereocenters. The van der Waals surface area contributed by atoms with Crippen molar-refractivity contribution in [3.05, 3.63) is 95.6 Å². The van der Waals surface area contributed by atoms with Gasteiger partial charge in [0.2, 0.25) is 15.9 Å². The second-order valence-corrected chi connectivity index (χ2v) is 10.4. The molecule has 0 aliphatic carbocycles.